The molecule has 0 spiro atoms. The zero-order valence-corrected chi connectivity index (χ0v) is 38.6. The Morgan fingerprint density at radius 2 is 1.21 bits per heavy atom. The molecule has 70 heavy (non-hydrogen) atoms. The molecule has 0 atom stereocenters. The minimum absolute atomic E-state index is 0.0162. The quantitative estimate of drug-likeness (QED) is 0.105. The number of amides is 3. The van der Waals surface area contributed by atoms with E-state index < -0.39 is 23.3 Å². The fraction of sp³-hybridized carbons (Fsp3) is 0.0200. The van der Waals surface area contributed by atoms with Gasteiger partial charge in [-0.2, -0.15) is 4.39 Å². The summed E-state index contributed by atoms with van der Waals surface area (Å²) in [7, 11) is 0. The van der Waals surface area contributed by atoms with Crippen LogP contribution in [-0.2, 0) is 0 Å². The van der Waals surface area contributed by atoms with Gasteiger partial charge in [-0.05, 0) is 67.6 Å². The van der Waals surface area contributed by atoms with Gasteiger partial charge in [-0.1, -0.05) is 53.0 Å². The van der Waals surface area contributed by atoms with Crippen molar-refractivity contribution in [2.45, 2.75) is 6.92 Å². The third-order valence-corrected chi connectivity index (χ3v) is 10.1. The SMILES string of the molecule is Cc1cccc(C(=O)Nc2cccc(Oc3cncc(Cl)c3)c2)c1.O=C(Nc1cc(F)c(F)c(Oc2cncnc2)c1)c1cc(Cl)ccn1.O=C(Nc1cccc(Oc2cccnc2)c1)c1nccs1. The van der Waals surface area contributed by atoms with E-state index in [1.54, 1.807) is 84.8 Å². The summed E-state index contributed by atoms with van der Waals surface area (Å²) in [5, 5.41) is 11.0. The van der Waals surface area contributed by atoms with Gasteiger partial charge in [-0.3, -0.25) is 29.3 Å². The highest BCUT2D eigenvalue weighted by atomic mass is 35.5. The molecule has 0 aliphatic carbocycles. The van der Waals surface area contributed by atoms with Crippen molar-refractivity contribution in [2.75, 3.05) is 16.0 Å². The van der Waals surface area contributed by atoms with E-state index in [0.717, 1.165) is 17.7 Å². The number of aromatic nitrogens is 6. The van der Waals surface area contributed by atoms with Gasteiger partial charge in [0.2, 0.25) is 5.82 Å². The van der Waals surface area contributed by atoms with Crippen LogP contribution in [0.25, 0.3) is 0 Å². The van der Waals surface area contributed by atoms with Gasteiger partial charge in [0, 0.05) is 88.1 Å². The van der Waals surface area contributed by atoms with Crippen molar-refractivity contribution in [3.8, 4) is 34.5 Å². The number of anilines is 3. The van der Waals surface area contributed by atoms with Crippen LogP contribution in [0.15, 0.2) is 177 Å². The number of nitrogens with zero attached hydrogens (tertiary/aromatic N) is 6. The number of hydrogen-bond donors (Lipinski definition) is 3. The Labute approximate surface area is 412 Å². The maximum absolute atomic E-state index is 13.9. The van der Waals surface area contributed by atoms with Crippen molar-refractivity contribution in [3.05, 3.63) is 220 Å². The van der Waals surface area contributed by atoms with Crippen molar-refractivity contribution in [3.63, 3.8) is 0 Å². The second-order valence-corrected chi connectivity index (χ2v) is 15.9. The lowest BCUT2D eigenvalue weighted by atomic mass is 10.1. The van der Waals surface area contributed by atoms with Crippen molar-refractivity contribution in [1.29, 1.82) is 0 Å². The van der Waals surface area contributed by atoms with E-state index in [1.165, 1.54) is 54.6 Å². The molecule has 15 nitrogen and oxygen atoms in total. The number of carbonyl (C=O) groups is 3. The fourth-order valence-corrected chi connectivity index (χ4v) is 6.67. The van der Waals surface area contributed by atoms with Crippen LogP contribution >= 0.6 is 34.5 Å². The first-order chi connectivity index (χ1) is 33.9. The van der Waals surface area contributed by atoms with Crippen LogP contribution < -0.4 is 30.2 Å². The summed E-state index contributed by atoms with van der Waals surface area (Å²) in [4.78, 5) is 59.6. The molecular weight excluding hydrogens is 964 g/mol. The Kier molecular flexibility index (Phi) is 17.1. The molecule has 9 rings (SSSR count). The molecule has 0 aliphatic heterocycles. The third-order valence-electron chi connectivity index (χ3n) is 8.85. The maximum atomic E-state index is 13.9. The van der Waals surface area contributed by atoms with E-state index in [1.807, 2.05) is 43.3 Å². The number of nitrogens with one attached hydrogen (secondary N) is 3. The van der Waals surface area contributed by atoms with Crippen LogP contribution in [0.3, 0.4) is 0 Å². The second-order valence-electron chi connectivity index (χ2n) is 14.2. The molecule has 3 amide bonds. The van der Waals surface area contributed by atoms with Gasteiger partial charge in [0.15, 0.2) is 22.3 Å². The Balaban J connectivity index is 0.000000155. The molecule has 0 saturated heterocycles. The largest absolute Gasteiger partial charge is 0.456 e. The van der Waals surface area contributed by atoms with Crippen molar-refractivity contribution in [2.24, 2.45) is 0 Å². The summed E-state index contributed by atoms with van der Waals surface area (Å²) in [5.74, 6) is -1.37. The Bertz CT molecular complexity index is 3220. The molecule has 0 bridgehead atoms. The van der Waals surface area contributed by atoms with E-state index in [9.17, 15) is 23.2 Å². The van der Waals surface area contributed by atoms with Gasteiger partial charge < -0.3 is 30.2 Å². The topological polar surface area (TPSA) is 192 Å². The monoisotopic (exact) mass is 997 g/mol. The molecule has 20 heteroatoms. The number of halogens is 4. The van der Waals surface area contributed by atoms with Gasteiger partial charge in [0.05, 0.1) is 29.8 Å². The summed E-state index contributed by atoms with van der Waals surface area (Å²) >= 11 is 13.0. The molecule has 0 unspecified atom stereocenters. The number of aryl methyl sites for hydroxylation is 1. The van der Waals surface area contributed by atoms with Crippen molar-refractivity contribution < 1.29 is 37.4 Å². The number of rotatable bonds is 12. The van der Waals surface area contributed by atoms with Gasteiger partial charge >= 0.3 is 0 Å². The summed E-state index contributed by atoms with van der Waals surface area (Å²) in [5.41, 5.74) is 2.95. The predicted octanol–water partition coefficient (Wildman–Crippen LogP) is 12.5. The van der Waals surface area contributed by atoms with Crippen LogP contribution in [0.1, 0.15) is 36.2 Å². The van der Waals surface area contributed by atoms with Gasteiger partial charge in [0.25, 0.3) is 17.7 Å². The minimum atomic E-state index is -1.21. The molecule has 0 fully saturated rings. The standard InChI is InChI=1S/C19H15ClN2O2.C16H9ClF2N4O2.C15H11N3O2S/c1-13-4-2-5-14(8-13)19(23)22-16-6-3-7-17(10-16)24-18-9-15(20)11-21-12-18;17-9-1-2-22-13(3-9)16(24)23-10-4-12(18)15(19)14(5-10)25-11-6-20-8-21-7-11;19-14(15-17-7-8-21-15)18-11-3-1-4-12(9-11)20-13-5-2-6-16-10-13/h2-12H,1H3,(H,22,23);1-8H,(H,23,24);1-10H,(H,18,19). The third kappa shape index (κ3) is 14.9. The highest BCUT2D eigenvalue weighted by Crippen LogP contribution is 2.30. The Morgan fingerprint density at radius 3 is 1.89 bits per heavy atom. The molecule has 0 radical (unpaired) electrons. The summed E-state index contributed by atoms with van der Waals surface area (Å²) in [6, 6.07) is 31.8. The minimum Gasteiger partial charge on any atom is -0.456 e. The zero-order chi connectivity index (χ0) is 49.2. The highest BCUT2D eigenvalue weighted by molar-refractivity contribution is 7.11. The first-order valence-corrected chi connectivity index (χ1v) is 22.1. The molecule has 4 aromatic carbocycles. The molecule has 9 aromatic rings. The van der Waals surface area contributed by atoms with E-state index in [-0.39, 0.29) is 28.9 Å². The molecule has 350 valence electrons. The van der Waals surface area contributed by atoms with Crippen molar-refractivity contribution >= 4 is 69.3 Å². The first-order valence-electron chi connectivity index (χ1n) is 20.4. The van der Waals surface area contributed by atoms with Crippen LogP contribution in [0, 0.1) is 18.6 Å². The number of pyridine rings is 3. The van der Waals surface area contributed by atoms with E-state index in [0.29, 0.717) is 55.0 Å². The highest BCUT2D eigenvalue weighted by Gasteiger charge is 2.17. The van der Waals surface area contributed by atoms with E-state index in [2.05, 4.69) is 45.9 Å². The lowest BCUT2D eigenvalue weighted by Crippen LogP contribution is -2.14. The van der Waals surface area contributed by atoms with Crippen LogP contribution in [0.2, 0.25) is 10.0 Å². The molecule has 0 saturated carbocycles. The molecule has 0 aliphatic rings. The summed E-state index contributed by atoms with van der Waals surface area (Å²) in [6.45, 7) is 1.95. The number of hydrogen-bond acceptors (Lipinski definition) is 13. The lowest BCUT2D eigenvalue weighted by Gasteiger charge is -2.10. The van der Waals surface area contributed by atoms with E-state index >= 15 is 0 Å². The normalized spacial score (nSPS) is 10.2. The van der Waals surface area contributed by atoms with Crippen LogP contribution in [0.5, 0.6) is 34.5 Å². The van der Waals surface area contributed by atoms with Gasteiger partial charge in [0.1, 0.15) is 35.0 Å². The average Bonchev–Trinajstić information content (AvgIpc) is 3.91. The summed E-state index contributed by atoms with van der Waals surface area (Å²) < 4.78 is 44.3. The Morgan fingerprint density at radius 1 is 0.543 bits per heavy atom. The van der Waals surface area contributed by atoms with E-state index in [4.69, 9.17) is 37.4 Å². The lowest BCUT2D eigenvalue weighted by molar-refractivity contribution is 0.101. The smallest absolute Gasteiger partial charge is 0.284 e. The summed E-state index contributed by atoms with van der Waals surface area (Å²) in [6.07, 6.45) is 13.2. The number of thiazole rings is 1. The van der Waals surface area contributed by atoms with Crippen LogP contribution in [0.4, 0.5) is 25.8 Å². The first kappa shape index (κ1) is 49.2. The number of ether oxygens (including phenoxy) is 3. The van der Waals surface area contributed by atoms with Crippen molar-refractivity contribution in [1.82, 2.24) is 29.9 Å². The second kappa shape index (κ2) is 24.4. The van der Waals surface area contributed by atoms with Gasteiger partial charge in [-0.15, -0.1) is 11.3 Å². The average molecular weight is 999 g/mol. The number of carbonyl (C=O) groups excluding carboxylic acids is 3. The molecular formula is C50H35Cl2F2N9O6S. The molecule has 5 heterocycles. The van der Waals surface area contributed by atoms with Gasteiger partial charge in [-0.25, -0.2) is 19.3 Å². The molecule has 5 aromatic heterocycles. The predicted molar refractivity (Wildman–Crippen MR) is 261 cm³/mol. The van der Waals surface area contributed by atoms with Crippen LogP contribution in [-0.4, -0.2) is 47.6 Å². The Hall–Kier alpha value is -8.71. The maximum Gasteiger partial charge on any atom is 0.284 e. The fourth-order valence-electron chi connectivity index (χ4n) is 5.81. The molecule has 3 N–H and O–H groups in total. The number of benzene rings is 4. The zero-order valence-electron chi connectivity index (χ0n) is 36.3.